The summed E-state index contributed by atoms with van der Waals surface area (Å²) in [7, 11) is 0. The van der Waals surface area contributed by atoms with Crippen molar-refractivity contribution in [2.24, 2.45) is 0 Å². The van der Waals surface area contributed by atoms with Crippen LogP contribution in [0.2, 0.25) is 5.02 Å². The molecular formula is C16H13ClN2O. The maximum absolute atomic E-state index is 12.3. The molecule has 0 fully saturated rings. The van der Waals surface area contributed by atoms with Crippen molar-refractivity contribution >= 4 is 23.2 Å². The van der Waals surface area contributed by atoms with Crippen LogP contribution in [0.15, 0.2) is 36.4 Å². The average Bonchev–Trinajstić information content (AvgIpc) is 2.44. The molecule has 0 atom stereocenters. The monoisotopic (exact) mass is 284 g/mol. The molecule has 3 nitrogen and oxygen atoms in total. The molecule has 0 aliphatic carbocycles. The average molecular weight is 285 g/mol. The van der Waals surface area contributed by atoms with Crippen LogP contribution in [0.5, 0.6) is 0 Å². The third-order valence-corrected chi connectivity index (χ3v) is 3.51. The third kappa shape index (κ3) is 2.81. The summed E-state index contributed by atoms with van der Waals surface area (Å²) in [6.07, 6.45) is 0. The van der Waals surface area contributed by atoms with E-state index >= 15 is 0 Å². The zero-order valence-electron chi connectivity index (χ0n) is 11.2. The second-order valence-corrected chi connectivity index (χ2v) is 4.92. The summed E-state index contributed by atoms with van der Waals surface area (Å²) in [5.74, 6) is -0.210. The molecule has 1 N–H and O–H groups in total. The zero-order chi connectivity index (χ0) is 14.7. The van der Waals surface area contributed by atoms with Crippen LogP contribution < -0.4 is 5.32 Å². The molecule has 0 unspecified atom stereocenters. The highest BCUT2D eigenvalue weighted by atomic mass is 35.5. The van der Waals surface area contributed by atoms with E-state index in [0.717, 1.165) is 11.1 Å². The Kier molecular flexibility index (Phi) is 4.07. The van der Waals surface area contributed by atoms with Crippen molar-refractivity contribution in [1.29, 1.82) is 5.26 Å². The Morgan fingerprint density at radius 3 is 2.65 bits per heavy atom. The largest absolute Gasteiger partial charge is 0.321 e. The number of hydrogen-bond acceptors (Lipinski definition) is 2. The summed E-state index contributed by atoms with van der Waals surface area (Å²) in [6, 6.07) is 12.3. The molecule has 0 spiro atoms. The van der Waals surface area contributed by atoms with E-state index < -0.39 is 0 Å². The standard InChI is InChI=1S/C16H13ClN2O/c1-10-4-3-5-13(11(10)2)16(20)19-15-7-6-12(9-18)8-14(15)17/h3-8H,1-2H3,(H,19,20). The fraction of sp³-hybridized carbons (Fsp3) is 0.125. The van der Waals surface area contributed by atoms with Crippen molar-refractivity contribution in [3.63, 3.8) is 0 Å². The Hall–Kier alpha value is -2.31. The van der Waals surface area contributed by atoms with Gasteiger partial charge in [0.2, 0.25) is 0 Å². The molecule has 100 valence electrons. The number of benzene rings is 2. The van der Waals surface area contributed by atoms with Gasteiger partial charge in [-0.05, 0) is 49.2 Å². The summed E-state index contributed by atoms with van der Waals surface area (Å²) < 4.78 is 0. The smallest absolute Gasteiger partial charge is 0.255 e. The molecule has 0 bridgehead atoms. The molecule has 2 rings (SSSR count). The number of carbonyl (C=O) groups is 1. The minimum atomic E-state index is -0.210. The lowest BCUT2D eigenvalue weighted by molar-refractivity contribution is 0.102. The number of carbonyl (C=O) groups excluding carboxylic acids is 1. The van der Waals surface area contributed by atoms with Gasteiger partial charge in [-0.2, -0.15) is 5.26 Å². The lowest BCUT2D eigenvalue weighted by Crippen LogP contribution is -2.14. The molecule has 0 aliphatic rings. The van der Waals surface area contributed by atoms with Gasteiger partial charge in [-0.3, -0.25) is 4.79 Å². The summed E-state index contributed by atoms with van der Waals surface area (Å²) in [6.45, 7) is 3.87. The van der Waals surface area contributed by atoms with Gasteiger partial charge >= 0.3 is 0 Å². The van der Waals surface area contributed by atoms with Crippen molar-refractivity contribution in [1.82, 2.24) is 0 Å². The molecule has 2 aromatic carbocycles. The number of aryl methyl sites for hydroxylation is 1. The number of halogens is 1. The quantitative estimate of drug-likeness (QED) is 0.903. The highest BCUT2D eigenvalue weighted by molar-refractivity contribution is 6.34. The summed E-state index contributed by atoms with van der Waals surface area (Å²) in [4.78, 5) is 12.3. The molecule has 0 saturated carbocycles. The van der Waals surface area contributed by atoms with Crippen LogP contribution in [0.4, 0.5) is 5.69 Å². The van der Waals surface area contributed by atoms with Crippen LogP contribution in [0, 0.1) is 25.2 Å². The predicted octanol–water partition coefficient (Wildman–Crippen LogP) is 4.08. The molecule has 1 amide bonds. The first-order chi connectivity index (χ1) is 9.52. The number of hydrogen-bond donors (Lipinski definition) is 1. The maximum Gasteiger partial charge on any atom is 0.255 e. The number of nitrogens with one attached hydrogen (secondary N) is 1. The van der Waals surface area contributed by atoms with Gasteiger partial charge in [-0.25, -0.2) is 0 Å². The van der Waals surface area contributed by atoms with E-state index in [2.05, 4.69) is 5.32 Å². The van der Waals surface area contributed by atoms with Gasteiger partial charge in [0.1, 0.15) is 0 Å². The van der Waals surface area contributed by atoms with Crippen molar-refractivity contribution in [2.75, 3.05) is 5.32 Å². The second kappa shape index (κ2) is 5.77. The first kappa shape index (κ1) is 14.1. The molecule has 4 heteroatoms. The fourth-order valence-electron chi connectivity index (χ4n) is 1.87. The highest BCUT2D eigenvalue weighted by Gasteiger charge is 2.12. The normalized spacial score (nSPS) is 9.90. The summed E-state index contributed by atoms with van der Waals surface area (Å²) in [5, 5.41) is 11.9. The number of anilines is 1. The van der Waals surface area contributed by atoms with E-state index in [0.29, 0.717) is 21.8 Å². The molecule has 0 heterocycles. The van der Waals surface area contributed by atoms with Gasteiger partial charge in [0.15, 0.2) is 0 Å². The lowest BCUT2D eigenvalue weighted by Gasteiger charge is -2.10. The maximum atomic E-state index is 12.3. The van der Waals surface area contributed by atoms with Gasteiger partial charge in [0.25, 0.3) is 5.91 Å². The van der Waals surface area contributed by atoms with E-state index in [9.17, 15) is 4.79 Å². The van der Waals surface area contributed by atoms with Crippen molar-refractivity contribution in [3.8, 4) is 6.07 Å². The van der Waals surface area contributed by atoms with Crippen LogP contribution in [-0.4, -0.2) is 5.91 Å². The second-order valence-electron chi connectivity index (χ2n) is 4.51. The summed E-state index contributed by atoms with van der Waals surface area (Å²) >= 11 is 6.04. The van der Waals surface area contributed by atoms with E-state index in [4.69, 9.17) is 16.9 Å². The van der Waals surface area contributed by atoms with Crippen molar-refractivity contribution < 1.29 is 4.79 Å². The fourth-order valence-corrected chi connectivity index (χ4v) is 2.10. The van der Waals surface area contributed by atoms with Crippen LogP contribution in [0.25, 0.3) is 0 Å². The number of rotatable bonds is 2. The molecular weight excluding hydrogens is 272 g/mol. The van der Waals surface area contributed by atoms with E-state index in [1.54, 1.807) is 18.2 Å². The third-order valence-electron chi connectivity index (χ3n) is 3.20. The highest BCUT2D eigenvalue weighted by Crippen LogP contribution is 2.24. The van der Waals surface area contributed by atoms with Gasteiger partial charge < -0.3 is 5.32 Å². The van der Waals surface area contributed by atoms with Gasteiger partial charge in [-0.1, -0.05) is 23.7 Å². The molecule has 0 aliphatic heterocycles. The van der Waals surface area contributed by atoms with Crippen molar-refractivity contribution in [3.05, 3.63) is 63.7 Å². The van der Waals surface area contributed by atoms with Crippen LogP contribution >= 0.6 is 11.6 Å². The Labute approximate surface area is 122 Å². The van der Waals surface area contributed by atoms with Gasteiger partial charge in [0.05, 0.1) is 22.3 Å². The Balaban J connectivity index is 2.29. The van der Waals surface area contributed by atoms with Gasteiger partial charge in [0, 0.05) is 5.56 Å². The molecule has 0 saturated heterocycles. The lowest BCUT2D eigenvalue weighted by atomic mass is 10.0. The van der Waals surface area contributed by atoms with Crippen LogP contribution in [-0.2, 0) is 0 Å². The van der Waals surface area contributed by atoms with Gasteiger partial charge in [-0.15, -0.1) is 0 Å². The minimum absolute atomic E-state index is 0.210. The summed E-state index contributed by atoms with van der Waals surface area (Å²) in [5.41, 5.74) is 3.57. The molecule has 2 aromatic rings. The SMILES string of the molecule is Cc1cccc(C(=O)Nc2ccc(C#N)cc2Cl)c1C. The number of nitriles is 1. The van der Waals surface area contributed by atoms with Crippen LogP contribution in [0.1, 0.15) is 27.0 Å². The number of nitrogens with zero attached hydrogens (tertiary/aromatic N) is 1. The first-order valence-electron chi connectivity index (χ1n) is 6.10. The molecule has 0 aromatic heterocycles. The Morgan fingerprint density at radius 2 is 2.00 bits per heavy atom. The van der Waals surface area contributed by atoms with E-state index in [-0.39, 0.29) is 5.91 Å². The predicted molar refractivity (Wildman–Crippen MR) is 80.0 cm³/mol. The first-order valence-corrected chi connectivity index (χ1v) is 6.48. The molecule has 0 radical (unpaired) electrons. The topological polar surface area (TPSA) is 52.9 Å². The van der Waals surface area contributed by atoms with E-state index in [1.807, 2.05) is 32.0 Å². The Morgan fingerprint density at radius 1 is 1.25 bits per heavy atom. The number of amides is 1. The van der Waals surface area contributed by atoms with Crippen molar-refractivity contribution in [2.45, 2.75) is 13.8 Å². The Bertz CT molecular complexity index is 717. The zero-order valence-corrected chi connectivity index (χ0v) is 12.0. The van der Waals surface area contributed by atoms with E-state index in [1.165, 1.54) is 6.07 Å². The van der Waals surface area contributed by atoms with Crippen LogP contribution in [0.3, 0.4) is 0 Å². The minimum Gasteiger partial charge on any atom is -0.321 e. The molecule has 20 heavy (non-hydrogen) atoms.